The van der Waals surface area contributed by atoms with Crippen molar-refractivity contribution < 1.29 is 4.74 Å². The Hall–Kier alpha value is -1.29. The lowest BCUT2D eigenvalue weighted by Gasteiger charge is -2.33. The molecule has 0 radical (unpaired) electrons. The standard InChI is InChI=1S/C12H19N3O/c1-2-16-11-4-3-7-15(9-11)12-8-10(13)5-6-14-12/h5-6,8,11H,2-4,7,9H2,1H3,(H2,13,14). The van der Waals surface area contributed by atoms with Crippen LogP contribution in [0.4, 0.5) is 11.5 Å². The first-order chi connectivity index (χ1) is 7.79. The molecule has 1 aromatic heterocycles. The van der Waals surface area contributed by atoms with Gasteiger partial charge in [-0.25, -0.2) is 4.98 Å². The number of pyridine rings is 1. The van der Waals surface area contributed by atoms with Gasteiger partial charge in [-0.15, -0.1) is 0 Å². The molecule has 1 atom stereocenters. The van der Waals surface area contributed by atoms with E-state index in [0.717, 1.165) is 44.0 Å². The summed E-state index contributed by atoms with van der Waals surface area (Å²) < 4.78 is 5.66. The van der Waals surface area contributed by atoms with Crippen LogP contribution in [0.1, 0.15) is 19.8 Å². The summed E-state index contributed by atoms with van der Waals surface area (Å²) in [5, 5.41) is 0. The maximum Gasteiger partial charge on any atom is 0.130 e. The summed E-state index contributed by atoms with van der Waals surface area (Å²) in [6.45, 7) is 4.78. The molecule has 0 aliphatic carbocycles. The van der Waals surface area contributed by atoms with E-state index in [1.165, 1.54) is 0 Å². The Kier molecular flexibility index (Phi) is 3.62. The van der Waals surface area contributed by atoms with Crippen molar-refractivity contribution in [1.82, 2.24) is 4.98 Å². The van der Waals surface area contributed by atoms with Crippen molar-refractivity contribution >= 4 is 11.5 Å². The van der Waals surface area contributed by atoms with E-state index in [4.69, 9.17) is 10.5 Å². The predicted molar refractivity (Wildman–Crippen MR) is 65.5 cm³/mol. The lowest BCUT2D eigenvalue weighted by Crippen LogP contribution is -2.40. The van der Waals surface area contributed by atoms with Crippen LogP contribution in [0.5, 0.6) is 0 Å². The number of piperidine rings is 1. The topological polar surface area (TPSA) is 51.4 Å². The minimum absolute atomic E-state index is 0.335. The van der Waals surface area contributed by atoms with Gasteiger partial charge >= 0.3 is 0 Å². The van der Waals surface area contributed by atoms with Gasteiger partial charge in [-0.3, -0.25) is 0 Å². The normalized spacial score (nSPS) is 21.1. The lowest BCUT2D eigenvalue weighted by molar-refractivity contribution is 0.0525. The second kappa shape index (κ2) is 5.16. The van der Waals surface area contributed by atoms with Crippen LogP contribution in [0.15, 0.2) is 18.3 Å². The highest BCUT2D eigenvalue weighted by atomic mass is 16.5. The molecule has 2 heterocycles. The summed E-state index contributed by atoms with van der Waals surface area (Å²) in [6.07, 6.45) is 4.39. The molecule has 0 aromatic carbocycles. The van der Waals surface area contributed by atoms with Crippen LogP contribution in [0.2, 0.25) is 0 Å². The van der Waals surface area contributed by atoms with Crippen LogP contribution < -0.4 is 10.6 Å². The third kappa shape index (κ3) is 2.64. The highest BCUT2D eigenvalue weighted by Gasteiger charge is 2.20. The number of rotatable bonds is 3. The van der Waals surface area contributed by atoms with E-state index in [9.17, 15) is 0 Å². The quantitative estimate of drug-likeness (QED) is 0.843. The summed E-state index contributed by atoms with van der Waals surface area (Å²) in [5.41, 5.74) is 6.53. The molecule has 4 heteroatoms. The summed E-state index contributed by atoms with van der Waals surface area (Å²) >= 11 is 0. The van der Waals surface area contributed by atoms with E-state index in [2.05, 4.69) is 9.88 Å². The van der Waals surface area contributed by atoms with Crippen molar-refractivity contribution in [2.24, 2.45) is 0 Å². The Balaban J connectivity index is 2.03. The van der Waals surface area contributed by atoms with Crippen LogP contribution in [-0.2, 0) is 4.74 Å². The van der Waals surface area contributed by atoms with Gasteiger partial charge in [0.15, 0.2) is 0 Å². The van der Waals surface area contributed by atoms with Crippen molar-refractivity contribution in [2.45, 2.75) is 25.9 Å². The van der Waals surface area contributed by atoms with Gasteiger partial charge in [0.1, 0.15) is 5.82 Å². The molecule has 0 bridgehead atoms. The van der Waals surface area contributed by atoms with Gasteiger partial charge < -0.3 is 15.4 Å². The Bertz CT molecular complexity index is 341. The number of aromatic nitrogens is 1. The Morgan fingerprint density at radius 2 is 2.50 bits per heavy atom. The molecule has 1 unspecified atom stereocenters. The van der Waals surface area contributed by atoms with Gasteiger partial charge in [-0.05, 0) is 25.8 Å². The third-order valence-electron chi connectivity index (χ3n) is 2.87. The molecule has 2 N–H and O–H groups in total. The third-order valence-corrected chi connectivity index (χ3v) is 2.87. The number of ether oxygens (including phenoxy) is 1. The Morgan fingerprint density at radius 1 is 1.62 bits per heavy atom. The highest BCUT2D eigenvalue weighted by molar-refractivity contribution is 5.50. The molecule has 0 amide bonds. The number of hydrogen-bond acceptors (Lipinski definition) is 4. The fourth-order valence-electron chi connectivity index (χ4n) is 2.13. The maximum atomic E-state index is 5.76. The Morgan fingerprint density at radius 3 is 3.25 bits per heavy atom. The monoisotopic (exact) mass is 221 g/mol. The molecule has 1 aliphatic heterocycles. The second-order valence-corrected chi connectivity index (χ2v) is 4.11. The fourth-order valence-corrected chi connectivity index (χ4v) is 2.13. The van der Waals surface area contributed by atoms with Crippen molar-refractivity contribution in [3.63, 3.8) is 0 Å². The van der Waals surface area contributed by atoms with E-state index >= 15 is 0 Å². The van der Waals surface area contributed by atoms with Gasteiger partial charge in [0.2, 0.25) is 0 Å². The molecular weight excluding hydrogens is 202 g/mol. The maximum absolute atomic E-state index is 5.76. The molecule has 16 heavy (non-hydrogen) atoms. The van der Waals surface area contributed by atoms with E-state index in [0.29, 0.717) is 6.10 Å². The average molecular weight is 221 g/mol. The number of nitrogen functional groups attached to an aromatic ring is 1. The predicted octanol–water partition coefficient (Wildman–Crippen LogP) is 1.67. The summed E-state index contributed by atoms with van der Waals surface area (Å²) in [5.74, 6) is 0.962. The molecule has 88 valence electrons. The van der Waals surface area contributed by atoms with Crippen molar-refractivity contribution in [1.29, 1.82) is 0 Å². The lowest BCUT2D eigenvalue weighted by atomic mass is 10.1. The number of nitrogens with two attached hydrogens (primary N) is 1. The van der Waals surface area contributed by atoms with Crippen LogP contribution in [0.25, 0.3) is 0 Å². The zero-order chi connectivity index (χ0) is 11.4. The highest BCUT2D eigenvalue weighted by Crippen LogP contribution is 2.20. The number of anilines is 2. The molecule has 1 fully saturated rings. The first kappa shape index (κ1) is 11.2. The molecule has 0 spiro atoms. The first-order valence-corrected chi connectivity index (χ1v) is 5.87. The zero-order valence-electron chi connectivity index (χ0n) is 9.72. The molecule has 4 nitrogen and oxygen atoms in total. The summed E-state index contributed by atoms with van der Waals surface area (Å²) in [6, 6.07) is 3.74. The Labute approximate surface area is 96.4 Å². The van der Waals surface area contributed by atoms with E-state index in [1.807, 2.05) is 19.1 Å². The van der Waals surface area contributed by atoms with E-state index in [-0.39, 0.29) is 0 Å². The molecule has 0 saturated carbocycles. The van der Waals surface area contributed by atoms with Crippen LogP contribution in [-0.4, -0.2) is 30.8 Å². The van der Waals surface area contributed by atoms with Crippen LogP contribution >= 0.6 is 0 Å². The largest absolute Gasteiger partial charge is 0.399 e. The van der Waals surface area contributed by atoms with E-state index < -0.39 is 0 Å². The smallest absolute Gasteiger partial charge is 0.130 e. The summed E-state index contributed by atoms with van der Waals surface area (Å²) in [7, 11) is 0. The SMILES string of the molecule is CCOC1CCCN(c2cc(N)ccn2)C1. The van der Waals surface area contributed by atoms with Gasteiger partial charge in [0.05, 0.1) is 6.10 Å². The van der Waals surface area contributed by atoms with Gasteiger partial charge in [-0.2, -0.15) is 0 Å². The molecular formula is C12H19N3O. The van der Waals surface area contributed by atoms with Gasteiger partial charge in [0, 0.05) is 37.6 Å². The minimum Gasteiger partial charge on any atom is -0.399 e. The van der Waals surface area contributed by atoms with Crippen LogP contribution in [0, 0.1) is 0 Å². The van der Waals surface area contributed by atoms with Crippen LogP contribution in [0.3, 0.4) is 0 Å². The number of nitrogens with zero attached hydrogens (tertiary/aromatic N) is 2. The summed E-state index contributed by atoms with van der Waals surface area (Å²) in [4.78, 5) is 6.60. The van der Waals surface area contributed by atoms with Crippen molar-refractivity contribution in [3.05, 3.63) is 18.3 Å². The molecule has 1 saturated heterocycles. The number of hydrogen-bond donors (Lipinski definition) is 1. The minimum atomic E-state index is 0.335. The van der Waals surface area contributed by atoms with Gasteiger partial charge in [0.25, 0.3) is 0 Å². The van der Waals surface area contributed by atoms with Crippen molar-refractivity contribution in [2.75, 3.05) is 30.3 Å². The average Bonchev–Trinajstić information content (AvgIpc) is 2.30. The second-order valence-electron chi connectivity index (χ2n) is 4.11. The molecule has 1 aromatic rings. The first-order valence-electron chi connectivity index (χ1n) is 5.87. The van der Waals surface area contributed by atoms with E-state index in [1.54, 1.807) is 6.20 Å². The van der Waals surface area contributed by atoms with Crippen molar-refractivity contribution in [3.8, 4) is 0 Å². The van der Waals surface area contributed by atoms with Gasteiger partial charge in [-0.1, -0.05) is 0 Å². The molecule has 1 aliphatic rings. The molecule has 2 rings (SSSR count). The fraction of sp³-hybridized carbons (Fsp3) is 0.583. The zero-order valence-corrected chi connectivity index (χ0v) is 9.72.